The molecule has 0 aliphatic heterocycles. The first-order valence-corrected chi connectivity index (χ1v) is 6.35. The Morgan fingerprint density at radius 2 is 1.89 bits per heavy atom. The van der Waals surface area contributed by atoms with Crippen LogP contribution in [-0.2, 0) is 11.2 Å². The molecule has 0 radical (unpaired) electrons. The number of aryl methyl sites for hydroxylation is 2. The molecular formula is C16H18N2O. The molecule has 0 aliphatic rings. The fourth-order valence-electron chi connectivity index (χ4n) is 1.89. The van der Waals surface area contributed by atoms with Gasteiger partial charge in [-0.1, -0.05) is 36.4 Å². The molecule has 0 atom stereocenters. The minimum absolute atomic E-state index is 0.0116. The number of hydrogen-bond acceptors (Lipinski definition) is 2. The summed E-state index contributed by atoms with van der Waals surface area (Å²) in [6.07, 6.45) is 1.21. The molecule has 2 aromatic rings. The third-order valence-electron chi connectivity index (χ3n) is 3.02. The Morgan fingerprint density at radius 3 is 2.63 bits per heavy atom. The van der Waals surface area contributed by atoms with Crippen molar-refractivity contribution in [2.75, 3.05) is 11.1 Å². The summed E-state index contributed by atoms with van der Waals surface area (Å²) in [5.41, 5.74) is 9.35. The first-order chi connectivity index (χ1) is 9.15. The van der Waals surface area contributed by atoms with E-state index in [9.17, 15) is 4.79 Å². The second-order valence-corrected chi connectivity index (χ2v) is 4.61. The minimum atomic E-state index is 0.0116. The SMILES string of the molecule is Cc1ccc(N)cc1NC(=O)CCc1ccccc1. The Labute approximate surface area is 113 Å². The smallest absolute Gasteiger partial charge is 0.224 e. The van der Waals surface area contributed by atoms with Crippen LogP contribution in [0, 0.1) is 6.92 Å². The van der Waals surface area contributed by atoms with Gasteiger partial charge >= 0.3 is 0 Å². The van der Waals surface area contributed by atoms with Crippen LogP contribution in [0.15, 0.2) is 48.5 Å². The molecule has 0 fully saturated rings. The second-order valence-electron chi connectivity index (χ2n) is 4.61. The highest BCUT2D eigenvalue weighted by molar-refractivity contribution is 5.92. The summed E-state index contributed by atoms with van der Waals surface area (Å²) in [7, 11) is 0. The number of nitrogens with two attached hydrogens (primary N) is 1. The molecule has 0 spiro atoms. The molecule has 0 heterocycles. The zero-order chi connectivity index (χ0) is 13.7. The van der Waals surface area contributed by atoms with Gasteiger partial charge in [0.05, 0.1) is 0 Å². The van der Waals surface area contributed by atoms with Crippen molar-refractivity contribution in [1.82, 2.24) is 0 Å². The number of benzene rings is 2. The molecule has 3 N–H and O–H groups in total. The highest BCUT2D eigenvalue weighted by atomic mass is 16.1. The highest BCUT2D eigenvalue weighted by Crippen LogP contribution is 2.18. The topological polar surface area (TPSA) is 55.1 Å². The predicted octanol–water partition coefficient (Wildman–Crippen LogP) is 3.15. The van der Waals surface area contributed by atoms with Crippen molar-refractivity contribution < 1.29 is 4.79 Å². The van der Waals surface area contributed by atoms with Crippen molar-refractivity contribution in [2.45, 2.75) is 19.8 Å². The lowest BCUT2D eigenvalue weighted by atomic mass is 10.1. The van der Waals surface area contributed by atoms with Crippen LogP contribution in [0.4, 0.5) is 11.4 Å². The molecule has 19 heavy (non-hydrogen) atoms. The number of anilines is 2. The number of hydrogen-bond donors (Lipinski definition) is 2. The maximum absolute atomic E-state index is 11.9. The monoisotopic (exact) mass is 254 g/mol. The standard InChI is InChI=1S/C16H18N2O/c1-12-7-9-14(17)11-15(12)18-16(19)10-8-13-5-3-2-4-6-13/h2-7,9,11H,8,10,17H2,1H3,(H,18,19). The van der Waals surface area contributed by atoms with Gasteiger partial charge in [-0.2, -0.15) is 0 Å². The lowest BCUT2D eigenvalue weighted by molar-refractivity contribution is -0.116. The molecule has 0 aliphatic carbocycles. The zero-order valence-corrected chi connectivity index (χ0v) is 11.0. The maximum atomic E-state index is 11.9. The van der Waals surface area contributed by atoms with Gasteiger partial charge in [-0.3, -0.25) is 4.79 Å². The fourth-order valence-corrected chi connectivity index (χ4v) is 1.89. The molecule has 0 saturated carbocycles. The van der Waals surface area contributed by atoms with Crippen LogP contribution < -0.4 is 11.1 Å². The summed E-state index contributed by atoms with van der Waals surface area (Å²) < 4.78 is 0. The van der Waals surface area contributed by atoms with Crippen molar-refractivity contribution in [3.05, 3.63) is 59.7 Å². The molecule has 0 unspecified atom stereocenters. The summed E-state index contributed by atoms with van der Waals surface area (Å²) in [6.45, 7) is 1.95. The molecule has 0 aromatic heterocycles. The quantitative estimate of drug-likeness (QED) is 0.823. The van der Waals surface area contributed by atoms with E-state index in [1.807, 2.05) is 49.4 Å². The number of rotatable bonds is 4. The van der Waals surface area contributed by atoms with E-state index in [1.165, 1.54) is 5.56 Å². The van der Waals surface area contributed by atoms with Crippen molar-refractivity contribution in [2.24, 2.45) is 0 Å². The highest BCUT2D eigenvalue weighted by Gasteiger charge is 2.05. The Balaban J connectivity index is 1.93. The van der Waals surface area contributed by atoms with Crippen LogP contribution in [0.2, 0.25) is 0 Å². The molecule has 3 heteroatoms. The van der Waals surface area contributed by atoms with Gasteiger partial charge in [0.15, 0.2) is 0 Å². The number of carbonyl (C=O) groups is 1. The van der Waals surface area contributed by atoms with E-state index in [2.05, 4.69) is 5.32 Å². The van der Waals surface area contributed by atoms with Gasteiger partial charge < -0.3 is 11.1 Å². The van der Waals surface area contributed by atoms with Gasteiger partial charge in [-0.15, -0.1) is 0 Å². The number of nitrogens with one attached hydrogen (secondary N) is 1. The van der Waals surface area contributed by atoms with Crippen LogP contribution in [-0.4, -0.2) is 5.91 Å². The van der Waals surface area contributed by atoms with Gasteiger partial charge in [-0.25, -0.2) is 0 Å². The Kier molecular flexibility index (Phi) is 4.18. The Morgan fingerprint density at radius 1 is 1.16 bits per heavy atom. The van der Waals surface area contributed by atoms with E-state index in [1.54, 1.807) is 6.07 Å². The van der Waals surface area contributed by atoms with Crippen LogP contribution >= 0.6 is 0 Å². The summed E-state index contributed by atoms with van der Waals surface area (Å²) in [6, 6.07) is 15.5. The zero-order valence-electron chi connectivity index (χ0n) is 11.0. The molecule has 3 nitrogen and oxygen atoms in total. The van der Waals surface area contributed by atoms with E-state index in [0.29, 0.717) is 12.1 Å². The van der Waals surface area contributed by atoms with Gasteiger partial charge in [0, 0.05) is 17.8 Å². The third kappa shape index (κ3) is 3.85. The lowest BCUT2D eigenvalue weighted by Gasteiger charge is -2.09. The number of carbonyl (C=O) groups excluding carboxylic acids is 1. The first-order valence-electron chi connectivity index (χ1n) is 6.35. The molecular weight excluding hydrogens is 236 g/mol. The number of nitrogen functional groups attached to an aromatic ring is 1. The summed E-state index contributed by atoms with van der Waals surface area (Å²) in [5, 5.41) is 2.90. The minimum Gasteiger partial charge on any atom is -0.399 e. The van der Waals surface area contributed by atoms with Crippen molar-refractivity contribution in [1.29, 1.82) is 0 Å². The largest absolute Gasteiger partial charge is 0.399 e. The van der Waals surface area contributed by atoms with Gasteiger partial charge in [0.1, 0.15) is 0 Å². The second kappa shape index (κ2) is 6.05. The van der Waals surface area contributed by atoms with Crippen molar-refractivity contribution in [3.8, 4) is 0 Å². The van der Waals surface area contributed by atoms with Crippen LogP contribution in [0.3, 0.4) is 0 Å². The lowest BCUT2D eigenvalue weighted by Crippen LogP contribution is -2.13. The van der Waals surface area contributed by atoms with Gasteiger partial charge in [0.2, 0.25) is 5.91 Å². The number of amides is 1. The van der Waals surface area contributed by atoms with Gasteiger partial charge in [0.25, 0.3) is 0 Å². The van der Waals surface area contributed by atoms with Crippen LogP contribution in [0.1, 0.15) is 17.5 Å². The van der Waals surface area contributed by atoms with Crippen molar-refractivity contribution in [3.63, 3.8) is 0 Å². The molecule has 2 aromatic carbocycles. The van der Waals surface area contributed by atoms with E-state index in [4.69, 9.17) is 5.73 Å². The first kappa shape index (κ1) is 13.1. The summed E-state index contributed by atoms with van der Waals surface area (Å²) >= 11 is 0. The van der Waals surface area contributed by atoms with Crippen molar-refractivity contribution >= 4 is 17.3 Å². The molecule has 0 saturated heterocycles. The average molecular weight is 254 g/mol. The van der Waals surface area contributed by atoms with Crippen LogP contribution in [0.25, 0.3) is 0 Å². The fraction of sp³-hybridized carbons (Fsp3) is 0.188. The Bertz CT molecular complexity index is 564. The summed E-state index contributed by atoms with van der Waals surface area (Å²) in [4.78, 5) is 11.9. The molecule has 0 bridgehead atoms. The van der Waals surface area contributed by atoms with E-state index in [0.717, 1.165) is 17.7 Å². The third-order valence-corrected chi connectivity index (χ3v) is 3.02. The van der Waals surface area contributed by atoms with Gasteiger partial charge in [-0.05, 0) is 36.6 Å². The Hall–Kier alpha value is -2.29. The maximum Gasteiger partial charge on any atom is 0.224 e. The normalized spacial score (nSPS) is 10.2. The molecule has 2 rings (SSSR count). The molecule has 1 amide bonds. The summed E-state index contributed by atoms with van der Waals surface area (Å²) in [5.74, 6) is 0.0116. The molecule has 98 valence electrons. The van der Waals surface area contributed by atoms with E-state index >= 15 is 0 Å². The average Bonchev–Trinajstić information content (AvgIpc) is 2.42. The van der Waals surface area contributed by atoms with Crippen LogP contribution in [0.5, 0.6) is 0 Å². The van der Waals surface area contributed by atoms with E-state index in [-0.39, 0.29) is 5.91 Å². The van der Waals surface area contributed by atoms with E-state index < -0.39 is 0 Å². The predicted molar refractivity (Wildman–Crippen MR) is 79.0 cm³/mol.